The maximum atomic E-state index is 12.6. The fourth-order valence-corrected chi connectivity index (χ4v) is 6.01. The molecule has 0 bridgehead atoms. The minimum Gasteiger partial charge on any atom is -0.368 e. The molecule has 0 aromatic carbocycles. The van der Waals surface area contributed by atoms with Gasteiger partial charge in [-0.1, -0.05) is 11.8 Å². The number of pyridine rings is 1. The summed E-state index contributed by atoms with van der Waals surface area (Å²) in [5, 5.41) is 2.35. The van der Waals surface area contributed by atoms with Crippen LogP contribution in [0.5, 0.6) is 0 Å². The van der Waals surface area contributed by atoms with Crippen molar-refractivity contribution in [3.63, 3.8) is 0 Å². The Morgan fingerprint density at radius 2 is 1.90 bits per heavy atom. The molecule has 1 fully saturated rings. The SMILES string of the molecule is Cc1nc(SCc2cc(N3CCS(O)(O)CC3)cc(NCC(F)(F)F)n2)sc1C. The second-order valence-corrected chi connectivity index (χ2v) is 11.6. The third kappa shape index (κ3) is 6.64. The normalized spacial score (nSPS) is 18.0. The van der Waals surface area contributed by atoms with Gasteiger partial charge in [-0.3, -0.25) is 9.11 Å². The van der Waals surface area contributed by atoms with Gasteiger partial charge in [-0.15, -0.1) is 11.3 Å². The van der Waals surface area contributed by atoms with Gasteiger partial charge >= 0.3 is 6.18 Å². The van der Waals surface area contributed by atoms with Crippen molar-refractivity contribution in [1.29, 1.82) is 0 Å². The van der Waals surface area contributed by atoms with Gasteiger partial charge in [0.1, 0.15) is 12.4 Å². The van der Waals surface area contributed by atoms with E-state index in [9.17, 15) is 22.3 Å². The number of aromatic nitrogens is 2. The van der Waals surface area contributed by atoms with Crippen LogP contribution in [0.1, 0.15) is 16.3 Å². The minimum atomic E-state index is -4.34. The third-order valence-electron chi connectivity index (χ3n) is 4.43. The topological polar surface area (TPSA) is 81.5 Å². The lowest BCUT2D eigenvalue weighted by atomic mass is 10.2. The van der Waals surface area contributed by atoms with Crippen LogP contribution in [0.2, 0.25) is 0 Å². The second kappa shape index (κ2) is 8.88. The van der Waals surface area contributed by atoms with Gasteiger partial charge in [0.15, 0.2) is 4.34 Å². The van der Waals surface area contributed by atoms with Gasteiger partial charge in [0.2, 0.25) is 0 Å². The fraction of sp³-hybridized carbons (Fsp3) is 0.529. The molecular weight excluding hydrogens is 445 g/mol. The summed E-state index contributed by atoms with van der Waals surface area (Å²) in [6, 6.07) is 3.42. The van der Waals surface area contributed by atoms with E-state index in [0.717, 1.165) is 20.6 Å². The Kier molecular flexibility index (Phi) is 6.88. The van der Waals surface area contributed by atoms with E-state index < -0.39 is 23.3 Å². The molecule has 3 heterocycles. The first-order chi connectivity index (χ1) is 13.5. The molecule has 0 saturated carbocycles. The number of nitrogens with one attached hydrogen (secondary N) is 1. The van der Waals surface area contributed by atoms with Crippen LogP contribution in [0.4, 0.5) is 24.7 Å². The monoisotopic (exact) mass is 468 g/mol. The van der Waals surface area contributed by atoms with E-state index in [2.05, 4.69) is 15.3 Å². The Labute approximate surface area is 177 Å². The van der Waals surface area contributed by atoms with Crippen LogP contribution in [0.25, 0.3) is 0 Å². The van der Waals surface area contributed by atoms with E-state index in [1.54, 1.807) is 17.4 Å². The van der Waals surface area contributed by atoms with Gasteiger partial charge in [0.25, 0.3) is 0 Å². The first-order valence-corrected chi connectivity index (χ1v) is 12.6. The number of halogens is 3. The van der Waals surface area contributed by atoms with E-state index in [1.807, 2.05) is 24.8 Å². The second-order valence-electron chi connectivity index (χ2n) is 6.78. The predicted molar refractivity (Wildman–Crippen MR) is 115 cm³/mol. The summed E-state index contributed by atoms with van der Waals surface area (Å²) >= 11 is 3.08. The maximum absolute atomic E-state index is 12.6. The number of thioether (sulfide) groups is 1. The molecule has 2 aromatic rings. The Hall–Kier alpha value is -1.21. The smallest absolute Gasteiger partial charge is 0.368 e. The van der Waals surface area contributed by atoms with E-state index in [0.29, 0.717) is 24.5 Å². The van der Waals surface area contributed by atoms with Crippen molar-refractivity contribution in [2.75, 3.05) is 41.4 Å². The fourth-order valence-electron chi connectivity index (χ4n) is 2.74. The van der Waals surface area contributed by atoms with Gasteiger partial charge in [0.05, 0.1) is 22.9 Å². The number of rotatable bonds is 6. The number of hydrogen-bond acceptors (Lipinski definition) is 8. The Morgan fingerprint density at radius 1 is 1.21 bits per heavy atom. The van der Waals surface area contributed by atoms with Crippen LogP contribution in [0.3, 0.4) is 0 Å². The largest absolute Gasteiger partial charge is 0.405 e. The predicted octanol–water partition coefficient (Wildman–Crippen LogP) is 4.99. The molecule has 162 valence electrons. The molecular formula is C17H23F3N4O2S3. The van der Waals surface area contributed by atoms with Crippen LogP contribution < -0.4 is 10.2 Å². The van der Waals surface area contributed by atoms with Gasteiger partial charge in [-0.2, -0.15) is 23.8 Å². The molecule has 2 aromatic heterocycles. The first-order valence-electron chi connectivity index (χ1n) is 8.88. The number of aryl methyl sites for hydroxylation is 2. The molecule has 0 spiro atoms. The van der Waals surface area contributed by atoms with Crippen molar-refractivity contribution in [2.45, 2.75) is 30.1 Å². The summed E-state index contributed by atoms with van der Waals surface area (Å²) in [6.45, 7) is 3.64. The standard InChI is InChI=1S/C17H23F3N4O2S3/c1-11-12(2)28-16(22-11)27-9-13-7-14(24-3-5-29(25,26)6-4-24)8-15(23-13)21-10-17(18,19)20/h7-8,25-26H,3-6,9-10H2,1-2H3,(H,21,23). The average Bonchev–Trinajstić information content (AvgIpc) is 2.95. The van der Waals surface area contributed by atoms with Crippen LogP contribution in [-0.4, -0.2) is 56.4 Å². The first kappa shape index (κ1) is 22.5. The highest BCUT2D eigenvalue weighted by Crippen LogP contribution is 2.41. The van der Waals surface area contributed by atoms with Crippen LogP contribution in [0.15, 0.2) is 16.5 Å². The van der Waals surface area contributed by atoms with Crippen molar-refractivity contribution < 1.29 is 22.3 Å². The lowest BCUT2D eigenvalue weighted by molar-refractivity contribution is -0.115. The lowest BCUT2D eigenvalue weighted by Crippen LogP contribution is -2.38. The zero-order chi connectivity index (χ0) is 21.2. The van der Waals surface area contributed by atoms with Crippen molar-refractivity contribution in [2.24, 2.45) is 0 Å². The molecule has 1 aliphatic rings. The number of hydrogen-bond donors (Lipinski definition) is 3. The summed E-state index contributed by atoms with van der Waals surface area (Å²) in [4.78, 5) is 11.9. The molecule has 1 saturated heterocycles. The third-order valence-corrected chi connectivity index (χ3v) is 8.35. The zero-order valence-corrected chi connectivity index (χ0v) is 18.4. The number of nitrogens with zero attached hydrogens (tertiary/aromatic N) is 3. The van der Waals surface area contributed by atoms with Crippen LogP contribution in [-0.2, 0) is 5.75 Å². The van der Waals surface area contributed by atoms with Crippen molar-refractivity contribution >= 4 is 45.2 Å². The molecule has 12 heteroatoms. The molecule has 0 radical (unpaired) electrons. The van der Waals surface area contributed by atoms with Gasteiger partial charge in [-0.05, 0) is 19.9 Å². The molecule has 3 N–H and O–H groups in total. The van der Waals surface area contributed by atoms with Gasteiger partial charge in [-0.25, -0.2) is 9.97 Å². The highest BCUT2D eigenvalue weighted by atomic mass is 32.3. The molecule has 0 unspecified atom stereocenters. The highest BCUT2D eigenvalue weighted by molar-refractivity contribution is 8.24. The highest BCUT2D eigenvalue weighted by Gasteiger charge is 2.27. The summed E-state index contributed by atoms with van der Waals surface area (Å²) in [6.07, 6.45) is -4.34. The number of alkyl halides is 3. The Bertz CT molecular complexity index is 831. The zero-order valence-electron chi connectivity index (χ0n) is 16.0. The molecule has 0 amide bonds. The van der Waals surface area contributed by atoms with E-state index >= 15 is 0 Å². The van der Waals surface area contributed by atoms with E-state index in [-0.39, 0.29) is 17.3 Å². The minimum absolute atomic E-state index is 0.152. The molecule has 29 heavy (non-hydrogen) atoms. The Morgan fingerprint density at radius 3 is 2.48 bits per heavy atom. The summed E-state index contributed by atoms with van der Waals surface area (Å²) < 4.78 is 58.4. The molecule has 3 rings (SSSR count). The van der Waals surface area contributed by atoms with Gasteiger partial charge < -0.3 is 10.2 Å². The van der Waals surface area contributed by atoms with Crippen molar-refractivity contribution in [3.8, 4) is 0 Å². The molecule has 0 aliphatic carbocycles. The van der Waals surface area contributed by atoms with Gasteiger partial charge in [0, 0.05) is 35.5 Å². The number of anilines is 2. The maximum Gasteiger partial charge on any atom is 0.405 e. The average molecular weight is 469 g/mol. The van der Waals surface area contributed by atoms with Crippen molar-refractivity contribution in [3.05, 3.63) is 28.4 Å². The quantitative estimate of drug-likeness (QED) is 0.515. The Balaban J connectivity index is 1.78. The lowest BCUT2D eigenvalue weighted by Gasteiger charge is -2.42. The molecule has 6 nitrogen and oxygen atoms in total. The summed E-state index contributed by atoms with van der Waals surface area (Å²) in [5.74, 6) is 1.13. The molecule has 1 aliphatic heterocycles. The summed E-state index contributed by atoms with van der Waals surface area (Å²) in [5.41, 5.74) is 2.33. The van der Waals surface area contributed by atoms with Crippen LogP contribution >= 0.6 is 33.7 Å². The van der Waals surface area contributed by atoms with Crippen molar-refractivity contribution in [1.82, 2.24) is 9.97 Å². The number of thiazole rings is 1. The summed E-state index contributed by atoms with van der Waals surface area (Å²) in [7, 11) is -2.55. The van der Waals surface area contributed by atoms with E-state index in [1.165, 1.54) is 11.8 Å². The van der Waals surface area contributed by atoms with Crippen LogP contribution in [0, 0.1) is 13.8 Å². The van der Waals surface area contributed by atoms with E-state index in [4.69, 9.17) is 0 Å². The molecule has 0 atom stereocenters.